The van der Waals surface area contributed by atoms with E-state index in [1.807, 2.05) is 23.6 Å². The second-order valence-electron chi connectivity index (χ2n) is 6.55. The third-order valence-corrected chi connectivity index (χ3v) is 5.11. The molecule has 0 N–H and O–H groups in total. The molecule has 0 unspecified atom stereocenters. The van der Waals surface area contributed by atoms with Crippen molar-refractivity contribution in [3.05, 3.63) is 64.7 Å². The summed E-state index contributed by atoms with van der Waals surface area (Å²) in [6, 6.07) is 14.6. The monoisotopic (exact) mass is 334 g/mol. The van der Waals surface area contributed by atoms with Gasteiger partial charge in [-0.25, -0.2) is 4.98 Å². The Morgan fingerprint density at radius 3 is 2.56 bits per heavy atom. The zero-order chi connectivity index (χ0) is 17.2. The van der Waals surface area contributed by atoms with E-state index >= 15 is 0 Å². The zero-order valence-electron chi connectivity index (χ0n) is 14.4. The third kappa shape index (κ3) is 3.02. The summed E-state index contributed by atoms with van der Waals surface area (Å²) in [6.45, 7) is 4.75. The molecule has 1 aliphatic heterocycles. The fourth-order valence-electron chi connectivity index (χ4n) is 3.65. The first-order chi connectivity index (χ1) is 12.3. The van der Waals surface area contributed by atoms with E-state index < -0.39 is 0 Å². The molecule has 0 spiro atoms. The van der Waals surface area contributed by atoms with E-state index in [0.717, 1.165) is 43.9 Å². The summed E-state index contributed by atoms with van der Waals surface area (Å²) in [5.74, 6) is 1.57. The van der Waals surface area contributed by atoms with Crippen LogP contribution in [-0.2, 0) is 6.54 Å². The van der Waals surface area contributed by atoms with Crippen molar-refractivity contribution in [1.29, 1.82) is 0 Å². The summed E-state index contributed by atoms with van der Waals surface area (Å²) in [5.41, 5.74) is 1.95. The molecule has 0 amide bonds. The molecular formula is C20H22N4O. The van der Waals surface area contributed by atoms with E-state index in [1.54, 1.807) is 6.33 Å². The molecule has 1 fully saturated rings. The molecule has 0 saturated carbocycles. The van der Waals surface area contributed by atoms with Crippen LogP contribution in [0.3, 0.4) is 0 Å². The fraction of sp³-hybridized carbons (Fsp3) is 0.350. The van der Waals surface area contributed by atoms with Crippen LogP contribution in [0.15, 0.2) is 53.6 Å². The number of anilines is 1. The molecule has 3 heterocycles. The lowest BCUT2D eigenvalue weighted by molar-refractivity contribution is 0.503. The molecule has 4 rings (SSSR count). The number of rotatable bonds is 3. The topological polar surface area (TPSA) is 51.0 Å². The van der Waals surface area contributed by atoms with Gasteiger partial charge in [0.15, 0.2) is 0 Å². The number of hydrogen-bond acceptors (Lipinski definition) is 4. The lowest BCUT2D eigenvalue weighted by Crippen LogP contribution is -2.33. The summed E-state index contributed by atoms with van der Waals surface area (Å²) in [5, 5.41) is 0.590. The molecule has 0 bridgehead atoms. The van der Waals surface area contributed by atoms with Crippen molar-refractivity contribution in [1.82, 2.24) is 14.5 Å². The predicted octanol–water partition coefficient (Wildman–Crippen LogP) is 3.20. The zero-order valence-corrected chi connectivity index (χ0v) is 14.4. The lowest BCUT2D eigenvalue weighted by atomic mass is 9.89. The highest BCUT2D eigenvalue weighted by molar-refractivity contribution is 5.76. The number of piperidine rings is 1. The van der Waals surface area contributed by atoms with Crippen molar-refractivity contribution in [2.75, 3.05) is 18.0 Å². The van der Waals surface area contributed by atoms with Crippen LogP contribution < -0.4 is 10.5 Å². The van der Waals surface area contributed by atoms with Crippen LogP contribution in [0, 0.1) is 0 Å². The van der Waals surface area contributed by atoms with E-state index in [1.165, 1.54) is 5.56 Å². The summed E-state index contributed by atoms with van der Waals surface area (Å²) in [4.78, 5) is 23.0. The van der Waals surface area contributed by atoms with Gasteiger partial charge in [-0.3, -0.25) is 4.79 Å². The van der Waals surface area contributed by atoms with Crippen molar-refractivity contribution in [2.24, 2.45) is 0 Å². The Hall–Kier alpha value is -2.69. The predicted molar refractivity (Wildman–Crippen MR) is 100 cm³/mol. The van der Waals surface area contributed by atoms with Gasteiger partial charge in [0.2, 0.25) is 0 Å². The molecule has 3 aromatic rings. The minimum Gasteiger partial charge on any atom is -0.357 e. The van der Waals surface area contributed by atoms with Crippen molar-refractivity contribution < 1.29 is 0 Å². The molecule has 1 aromatic carbocycles. The third-order valence-electron chi connectivity index (χ3n) is 5.11. The van der Waals surface area contributed by atoms with Gasteiger partial charge in [-0.1, -0.05) is 30.3 Å². The van der Waals surface area contributed by atoms with Gasteiger partial charge in [-0.2, -0.15) is 4.98 Å². The average molecular weight is 334 g/mol. The standard InChI is InChI=1S/C20H22N4O/c1-2-23-14-21-20(25)17-8-9-18(22-19(17)23)24-12-10-16(11-13-24)15-6-4-3-5-7-15/h3-9,14,16H,2,10-13H2,1H3. The second kappa shape index (κ2) is 6.67. The molecule has 2 aromatic heterocycles. The average Bonchev–Trinajstić information content (AvgIpc) is 2.69. The van der Waals surface area contributed by atoms with Gasteiger partial charge in [-0.15, -0.1) is 0 Å². The first-order valence-electron chi connectivity index (χ1n) is 8.92. The lowest BCUT2D eigenvalue weighted by Gasteiger charge is -2.33. The smallest absolute Gasteiger partial charge is 0.282 e. The SMILES string of the molecule is CCn1cnc(=O)c2ccc(N3CCC(c4ccccc4)CC3)nc21. The molecule has 0 radical (unpaired) electrons. The van der Waals surface area contributed by atoms with Crippen molar-refractivity contribution in [3.63, 3.8) is 0 Å². The number of fused-ring (bicyclic) bond motifs is 1. The molecule has 128 valence electrons. The summed E-state index contributed by atoms with van der Waals surface area (Å²) < 4.78 is 1.93. The Morgan fingerprint density at radius 2 is 1.84 bits per heavy atom. The van der Waals surface area contributed by atoms with E-state index in [0.29, 0.717) is 11.3 Å². The summed E-state index contributed by atoms with van der Waals surface area (Å²) >= 11 is 0. The summed E-state index contributed by atoms with van der Waals surface area (Å²) in [7, 11) is 0. The minimum atomic E-state index is -0.207. The van der Waals surface area contributed by atoms with Crippen LogP contribution in [0.2, 0.25) is 0 Å². The Morgan fingerprint density at radius 1 is 1.08 bits per heavy atom. The Balaban J connectivity index is 1.58. The Bertz CT molecular complexity index is 927. The van der Waals surface area contributed by atoms with Crippen LogP contribution in [0.1, 0.15) is 31.2 Å². The van der Waals surface area contributed by atoms with Crippen LogP contribution in [0.5, 0.6) is 0 Å². The molecule has 1 saturated heterocycles. The quantitative estimate of drug-likeness (QED) is 0.738. The van der Waals surface area contributed by atoms with Crippen molar-refractivity contribution in [2.45, 2.75) is 32.2 Å². The fourth-order valence-corrected chi connectivity index (χ4v) is 3.65. The molecular weight excluding hydrogens is 312 g/mol. The van der Waals surface area contributed by atoms with E-state index in [4.69, 9.17) is 4.98 Å². The van der Waals surface area contributed by atoms with Gasteiger partial charge in [0.05, 0.1) is 5.39 Å². The molecule has 0 atom stereocenters. The van der Waals surface area contributed by atoms with Gasteiger partial charge in [0.25, 0.3) is 5.56 Å². The van der Waals surface area contributed by atoms with Crippen LogP contribution in [0.25, 0.3) is 11.0 Å². The minimum absolute atomic E-state index is 0.207. The molecule has 25 heavy (non-hydrogen) atoms. The molecule has 1 aliphatic rings. The van der Waals surface area contributed by atoms with Gasteiger partial charge < -0.3 is 9.47 Å². The Labute approximate surface area is 147 Å². The number of pyridine rings is 1. The first-order valence-corrected chi connectivity index (χ1v) is 8.92. The first kappa shape index (κ1) is 15.8. The van der Waals surface area contributed by atoms with Crippen molar-refractivity contribution >= 4 is 16.9 Å². The maximum absolute atomic E-state index is 12.0. The Kier molecular flexibility index (Phi) is 4.22. The van der Waals surface area contributed by atoms with Gasteiger partial charge in [-0.05, 0) is 43.4 Å². The number of benzene rings is 1. The van der Waals surface area contributed by atoms with Crippen LogP contribution in [0.4, 0.5) is 5.82 Å². The maximum atomic E-state index is 12.0. The normalized spacial score (nSPS) is 15.6. The number of aromatic nitrogens is 3. The number of hydrogen-bond donors (Lipinski definition) is 0. The van der Waals surface area contributed by atoms with Crippen LogP contribution in [-0.4, -0.2) is 27.6 Å². The van der Waals surface area contributed by atoms with E-state index in [9.17, 15) is 4.79 Å². The van der Waals surface area contributed by atoms with E-state index in [-0.39, 0.29) is 5.56 Å². The van der Waals surface area contributed by atoms with Gasteiger partial charge in [0, 0.05) is 19.6 Å². The van der Waals surface area contributed by atoms with Crippen molar-refractivity contribution in [3.8, 4) is 0 Å². The van der Waals surface area contributed by atoms with Gasteiger partial charge in [0.1, 0.15) is 17.8 Å². The number of nitrogens with zero attached hydrogens (tertiary/aromatic N) is 4. The maximum Gasteiger partial charge on any atom is 0.282 e. The highest BCUT2D eigenvalue weighted by Gasteiger charge is 2.21. The van der Waals surface area contributed by atoms with Crippen LogP contribution >= 0.6 is 0 Å². The van der Waals surface area contributed by atoms with E-state index in [2.05, 4.69) is 40.2 Å². The summed E-state index contributed by atoms with van der Waals surface area (Å²) in [6.07, 6.45) is 3.84. The molecule has 5 nitrogen and oxygen atoms in total. The largest absolute Gasteiger partial charge is 0.357 e. The molecule has 0 aliphatic carbocycles. The highest BCUT2D eigenvalue weighted by atomic mass is 16.1. The highest BCUT2D eigenvalue weighted by Crippen LogP contribution is 2.30. The second-order valence-corrected chi connectivity index (χ2v) is 6.55. The van der Waals surface area contributed by atoms with Gasteiger partial charge >= 0.3 is 0 Å². The number of aryl methyl sites for hydroxylation is 1. The molecule has 5 heteroatoms.